The fraction of sp³-hybridized carbons (Fsp3) is 0.545. The number of aromatic nitrogens is 1. The van der Waals surface area contributed by atoms with Crippen molar-refractivity contribution < 1.29 is 19.0 Å². The molecule has 1 aliphatic rings. The van der Waals surface area contributed by atoms with Gasteiger partial charge in [-0.3, -0.25) is 9.69 Å². The molecule has 2 aromatic rings. The summed E-state index contributed by atoms with van der Waals surface area (Å²) in [7, 11) is 4.86. The highest BCUT2D eigenvalue weighted by Gasteiger charge is 2.27. The lowest BCUT2D eigenvalue weighted by atomic mass is 9.98. The Bertz CT molecular complexity index is 883. The van der Waals surface area contributed by atoms with Gasteiger partial charge in [-0.1, -0.05) is 26.8 Å². The second-order valence-electron chi connectivity index (χ2n) is 8.34. The number of hydrogen-bond donors (Lipinski definition) is 0. The Morgan fingerprint density at radius 2 is 1.70 bits per heavy atom. The molecule has 0 saturated carbocycles. The summed E-state index contributed by atoms with van der Waals surface area (Å²) in [4.78, 5) is 22.3. The Hall–Kier alpha value is -2.32. The highest BCUT2D eigenvalue weighted by molar-refractivity contribution is 7.13. The van der Waals surface area contributed by atoms with Crippen molar-refractivity contribution in [3.05, 3.63) is 33.8 Å². The van der Waals surface area contributed by atoms with Gasteiger partial charge in [0.2, 0.25) is 5.75 Å². The largest absolute Gasteiger partial charge is 0.493 e. The minimum Gasteiger partial charge on any atom is -0.493 e. The topological polar surface area (TPSA) is 64.1 Å². The molecule has 30 heavy (non-hydrogen) atoms. The fourth-order valence-electron chi connectivity index (χ4n) is 3.51. The average Bonchev–Trinajstić information content (AvgIpc) is 3.24. The number of benzene rings is 1. The first kappa shape index (κ1) is 22.4. The zero-order chi connectivity index (χ0) is 21.9. The Morgan fingerprint density at radius 1 is 1.03 bits per heavy atom. The molecule has 1 saturated heterocycles. The van der Waals surface area contributed by atoms with Crippen LogP contribution >= 0.6 is 11.3 Å². The fourth-order valence-corrected chi connectivity index (χ4v) is 4.45. The molecule has 0 N–H and O–H groups in total. The van der Waals surface area contributed by atoms with Crippen molar-refractivity contribution in [2.24, 2.45) is 0 Å². The van der Waals surface area contributed by atoms with Crippen LogP contribution in [0.25, 0.3) is 0 Å². The number of hydrogen-bond acceptors (Lipinski definition) is 7. The molecule has 1 aromatic carbocycles. The normalized spacial score (nSPS) is 15.2. The van der Waals surface area contributed by atoms with E-state index in [1.165, 1.54) is 11.3 Å². The summed E-state index contributed by atoms with van der Waals surface area (Å²) >= 11 is 1.50. The maximum atomic E-state index is 12.9. The van der Waals surface area contributed by atoms with Crippen molar-refractivity contribution in [1.82, 2.24) is 14.8 Å². The van der Waals surface area contributed by atoms with Crippen LogP contribution in [0.3, 0.4) is 0 Å². The van der Waals surface area contributed by atoms with Crippen LogP contribution in [-0.2, 0) is 12.0 Å². The van der Waals surface area contributed by atoms with Crippen molar-refractivity contribution in [3.63, 3.8) is 0 Å². The number of methoxy groups -OCH3 is 3. The first-order valence-corrected chi connectivity index (χ1v) is 10.9. The van der Waals surface area contributed by atoms with E-state index in [4.69, 9.17) is 14.2 Å². The van der Waals surface area contributed by atoms with Crippen LogP contribution in [0.1, 0.15) is 41.0 Å². The minimum absolute atomic E-state index is 0.0413. The zero-order valence-corrected chi connectivity index (χ0v) is 19.5. The van der Waals surface area contributed by atoms with E-state index in [0.717, 1.165) is 35.1 Å². The number of carbonyl (C=O) groups excluding carboxylic acids is 1. The number of piperazine rings is 1. The quantitative estimate of drug-likeness (QED) is 0.696. The third kappa shape index (κ3) is 4.70. The Morgan fingerprint density at radius 3 is 2.23 bits per heavy atom. The van der Waals surface area contributed by atoms with Crippen LogP contribution in [0, 0.1) is 0 Å². The number of rotatable bonds is 6. The number of amides is 1. The van der Waals surface area contributed by atoms with Crippen molar-refractivity contribution in [2.45, 2.75) is 32.7 Å². The lowest BCUT2D eigenvalue weighted by molar-refractivity contribution is 0.0632. The molecule has 8 heteroatoms. The van der Waals surface area contributed by atoms with E-state index >= 15 is 0 Å². The van der Waals surface area contributed by atoms with E-state index in [1.54, 1.807) is 27.5 Å². The van der Waals surface area contributed by atoms with Crippen LogP contribution in [0.15, 0.2) is 18.3 Å². The third-order valence-electron chi connectivity index (χ3n) is 5.20. The van der Waals surface area contributed by atoms with Crippen LogP contribution in [0.5, 0.6) is 17.2 Å². The molecule has 0 bridgehead atoms. The number of ether oxygens (including phenoxy) is 3. The number of thiazole rings is 1. The van der Waals surface area contributed by atoms with Gasteiger partial charge in [0.1, 0.15) is 4.88 Å². The molecular weight excluding hydrogens is 402 g/mol. The van der Waals surface area contributed by atoms with E-state index < -0.39 is 0 Å². The van der Waals surface area contributed by atoms with Crippen molar-refractivity contribution >= 4 is 17.2 Å². The second kappa shape index (κ2) is 9.22. The van der Waals surface area contributed by atoms with E-state index in [9.17, 15) is 4.79 Å². The molecule has 3 rings (SSSR count). The SMILES string of the molecule is COc1ccc(CN2CCN(C(=O)c3cnc(C(C)(C)C)s3)CC2)c(OC)c1OC. The molecule has 1 aromatic heterocycles. The Labute approximate surface area is 182 Å². The molecule has 0 unspecified atom stereocenters. The molecule has 7 nitrogen and oxygen atoms in total. The third-order valence-corrected chi connectivity index (χ3v) is 6.61. The van der Waals surface area contributed by atoms with Gasteiger partial charge in [0.25, 0.3) is 5.91 Å². The van der Waals surface area contributed by atoms with E-state index in [2.05, 4.69) is 30.7 Å². The molecule has 2 heterocycles. The van der Waals surface area contributed by atoms with Gasteiger partial charge in [-0.05, 0) is 6.07 Å². The van der Waals surface area contributed by atoms with Gasteiger partial charge >= 0.3 is 0 Å². The highest BCUT2D eigenvalue weighted by Crippen LogP contribution is 2.40. The van der Waals surface area contributed by atoms with Crippen LogP contribution < -0.4 is 14.2 Å². The standard InChI is InChI=1S/C22H31N3O4S/c1-22(2,3)21-23-13-17(30-21)20(26)25-11-9-24(10-12-25)14-15-7-8-16(27-4)19(29-6)18(15)28-5/h7-8,13H,9-12,14H2,1-6H3. The average molecular weight is 434 g/mol. The van der Waals surface area contributed by atoms with Gasteiger partial charge < -0.3 is 19.1 Å². The maximum Gasteiger partial charge on any atom is 0.265 e. The predicted molar refractivity (Wildman–Crippen MR) is 118 cm³/mol. The summed E-state index contributed by atoms with van der Waals surface area (Å²) in [5.74, 6) is 2.01. The molecule has 164 valence electrons. The summed E-state index contributed by atoms with van der Waals surface area (Å²) < 4.78 is 16.4. The summed E-state index contributed by atoms with van der Waals surface area (Å²) in [5.41, 5.74) is 0.993. The summed E-state index contributed by atoms with van der Waals surface area (Å²) in [6.45, 7) is 10.0. The highest BCUT2D eigenvalue weighted by atomic mass is 32.1. The van der Waals surface area contributed by atoms with Crippen LogP contribution in [0.4, 0.5) is 0 Å². The van der Waals surface area contributed by atoms with Gasteiger partial charge in [0, 0.05) is 43.7 Å². The molecule has 0 atom stereocenters. The minimum atomic E-state index is -0.0413. The zero-order valence-electron chi connectivity index (χ0n) is 18.7. The Balaban J connectivity index is 1.64. The first-order chi connectivity index (χ1) is 14.3. The molecular formula is C22H31N3O4S. The molecule has 1 fully saturated rings. The predicted octanol–water partition coefficient (Wildman–Crippen LogP) is 3.42. The van der Waals surface area contributed by atoms with Crippen molar-refractivity contribution in [1.29, 1.82) is 0 Å². The Kier molecular flexibility index (Phi) is 6.88. The monoisotopic (exact) mass is 433 g/mol. The van der Waals surface area contributed by atoms with E-state index in [0.29, 0.717) is 30.3 Å². The van der Waals surface area contributed by atoms with Gasteiger partial charge in [0.15, 0.2) is 11.5 Å². The van der Waals surface area contributed by atoms with Gasteiger partial charge in [-0.15, -0.1) is 11.3 Å². The molecule has 0 spiro atoms. The smallest absolute Gasteiger partial charge is 0.265 e. The van der Waals surface area contributed by atoms with E-state index in [1.807, 2.05) is 17.0 Å². The first-order valence-electron chi connectivity index (χ1n) is 10.0. The van der Waals surface area contributed by atoms with Gasteiger partial charge in [0.05, 0.1) is 32.5 Å². The van der Waals surface area contributed by atoms with Gasteiger partial charge in [-0.2, -0.15) is 0 Å². The van der Waals surface area contributed by atoms with Crippen LogP contribution in [-0.4, -0.2) is 68.2 Å². The molecule has 0 aliphatic carbocycles. The lowest BCUT2D eigenvalue weighted by Gasteiger charge is -2.34. The molecule has 0 radical (unpaired) electrons. The van der Waals surface area contributed by atoms with Gasteiger partial charge in [-0.25, -0.2) is 4.98 Å². The number of nitrogens with zero attached hydrogens (tertiary/aromatic N) is 3. The van der Waals surface area contributed by atoms with Crippen LogP contribution in [0.2, 0.25) is 0 Å². The summed E-state index contributed by atoms with van der Waals surface area (Å²) in [5, 5.41) is 0.991. The molecule has 1 aliphatic heterocycles. The summed E-state index contributed by atoms with van der Waals surface area (Å²) in [6.07, 6.45) is 1.72. The summed E-state index contributed by atoms with van der Waals surface area (Å²) in [6, 6.07) is 3.90. The number of carbonyl (C=O) groups is 1. The molecule has 1 amide bonds. The second-order valence-corrected chi connectivity index (χ2v) is 9.37. The van der Waals surface area contributed by atoms with E-state index in [-0.39, 0.29) is 11.3 Å². The maximum absolute atomic E-state index is 12.9. The van der Waals surface area contributed by atoms with Crippen molar-refractivity contribution in [2.75, 3.05) is 47.5 Å². The van der Waals surface area contributed by atoms with Crippen molar-refractivity contribution in [3.8, 4) is 17.2 Å². The lowest BCUT2D eigenvalue weighted by Crippen LogP contribution is -2.48.